The molecule has 0 saturated carbocycles. The average molecular weight is 600 g/mol. The van der Waals surface area contributed by atoms with E-state index in [0.717, 1.165) is 17.1 Å². The normalized spacial score (nSPS) is 11.8. The molecule has 220 valence electrons. The quantitative estimate of drug-likeness (QED) is 0.191. The molecule has 3 aromatic heterocycles. The van der Waals surface area contributed by atoms with E-state index in [2.05, 4.69) is 190 Å². The second-order valence-electron chi connectivity index (χ2n) is 12.2. The van der Waals surface area contributed by atoms with Gasteiger partial charge in [0.2, 0.25) is 0 Å². The van der Waals surface area contributed by atoms with Crippen molar-refractivity contribution >= 4 is 54.5 Å². The van der Waals surface area contributed by atoms with Gasteiger partial charge >= 0.3 is 0 Å². The van der Waals surface area contributed by atoms with Crippen LogP contribution >= 0.6 is 0 Å². The minimum atomic E-state index is 1.14. The van der Waals surface area contributed by atoms with Gasteiger partial charge in [0.15, 0.2) is 0 Å². The van der Waals surface area contributed by atoms with Crippen molar-refractivity contribution in [1.29, 1.82) is 0 Å². The van der Waals surface area contributed by atoms with Crippen molar-refractivity contribution in [2.45, 2.75) is 0 Å². The summed E-state index contributed by atoms with van der Waals surface area (Å²) in [5.41, 5.74) is 11.9. The van der Waals surface area contributed by atoms with Crippen molar-refractivity contribution in [3.05, 3.63) is 176 Å². The summed E-state index contributed by atoms with van der Waals surface area (Å²) in [7, 11) is 0. The van der Waals surface area contributed by atoms with E-state index >= 15 is 0 Å². The predicted octanol–water partition coefficient (Wildman–Crippen LogP) is 11.5. The van der Waals surface area contributed by atoms with Crippen LogP contribution in [-0.4, -0.2) is 13.7 Å². The molecule has 3 heteroatoms. The van der Waals surface area contributed by atoms with Crippen LogP contribution in [0, 0.1) is 0 Å². The van der Waals surface area contributed by atoms with Gasteiger partial charge in [-0.3, -0.25) is 0 Å². The van der Waals surface area contributed by atoms with Crippen LogP contribution in [0.3, 0.4) is 0 Å². The van der Waals surface area contributed by atoms with E-state index in [1.54, 1.807) is 0 Å². The SMILES string of the molecule is c1ccc(-c2ccc3c(c2)c2ccccc2n3-c2cccc(-n3c4ccccc4c4c5c(ccc43)ccn5-c3ccccc3)c2)cc1. The first kappa shape index (κ1) is 26.0. The fraction of sp³-hybridized carbons (Fsp3) is 0. The zero-order valence-electron chi connectivity index (χ0n) is 25.6. The Balaban J connectivity index is 1.22. The van der Waals surface area contributed by atoms with Crippen LogP contribution in [0.25, 0.3) is 82.7 Å². The first-order chi connectivity index (χ1) is 23.3. The first-order valence-electron chi connectivity index (χ1n) is 16.1. The lowest BCUT2D eigenvalue weighted by Gasteiger charge is -2.13. The standard InChI is InChI=1S/C44H29N3/c1-3-12-30(13-4-1)32-23-24-41-38(28-32)36-18-7-9-20-39(36)46(41)34-16-11-17-35(29-34)47-40-21-10-8-19-37(40)43-42(47)25-22-31-26-27-45(44(31)43)33-14-5-2-6-15-33/h1-29H. The van der Waals surface area contributed by atoms with E-state index in [1.807, 2.05) is 0 Å². The molecule has 0 unspecified atom stereocenters. The lowest BCUT2D eigenvalue weighted by atomic mass is 10.0. The van der Waals surface area contributed by atoms with Crippen molar-refractivity contribution in [2.24, 2.45) is 0 Å². The summed E-state index contributed by atoms with van der Waals surface area (Å²) in [4.78, 5) is 0. The summed E-state index contributed by atoms with van der Waals surface area (Å²) in [6.45, 7) is 0. The third kappa shape index (κ3) is 3.87. The van der Waals surface area contributed by atoms with E-state index in [-0.39, 0.29) is 0 Å². The molecular formula is C44H29N3. The molecule has 0 fully saturated rings. The van der Waals surface area contributed by atoms with Gasteiger partial charge in [-0.25, -0.2) is 0 Å². The lowest BCUT2D eigenvalue weighted by molar-refractivity contribution is 1.13. The Kier molecular flexibility index (Phi) is 5.57. The molecule has 0 spiro atoms. The highest BCUT2D eigenvalue weighted by molar-refractivity contribution is 6.21. The largest absolute Gasteiger partial charge is 0.316 e. The fourth-order valence-electron chi connectivity index (χ4n) is 7.60. The van der Waals surface area contributed by atoms with Crippen molar-refractivity contribution in [3.8, 4) is 28.2 Å². The summed E-state index contributed by atoms with van der Waals surface area (Å²) < 4.78 is 7.17. The van der Waals surface area contributed by atoms with Gasteiger partial charge in [-0.05, 0) is 77.9 Å². The van der Waals surface area contributed by atoms with Crippen molar-refractivity contribution < 1.29 is 0 Å². The number of aromatic nitrogens is 3. The van der Waals surface area contributed by atoms with Gasteiger partial charge in [0.05, 0.1) is 27.6 Å². The molecule has 10 rings (SSSR count). The highest BCUT2D eigenvalue weighted by atomic mass is 15.0. The molecule has 10 aromatic rings. The molecule has 0 saturated heterocycles. The van der Waals surface area contributed by atoms with Crippen LogP contribution in [-0.2, 0) is 0 Å². The fourth-order valence-corrected chi connectivity index (χ4v) is 7.60. The summed E-state index contributed by atoms with van der Waals surface area (Å²) in [5.74, 6) is 0. The molecule has 47 heavy (non-hydrogen) atoms. The number of hydrogen-bond acceptors (Lipinski definition) is 0. The monoisotopic (exact) mass is 599 g/mol. The molecule has 0 aliphatic heterocycles. The molecule has 7 aromatic carbocycles. The second-order valence-corrected chi connectivity index (χ2v) is 12.2. The summed E-state index contributed by atoms with van der Waals surface area (Å²) in [6.07, 6.45) is 2.19. The lowest BCUT2D eigenvalue weighted by Crippen LogP contribution is -1.98. The van der Waals surface area contributed by atoms with Gasteiger partial charge in [-0.2, -0.15) is 0 Å². The number of fused-ring (bicyclic) bond motifs is 8. The van der Waals surface area contributed by atoms with Crippen LogP contribution in [0.2, 0.25) is 0 Å². The average Bonchev–Trinajstić information content (AvgIpc) is 3.82. The highest BCUT2D eigenvalue weighted by Gasteiger charge is 2.19. The molecule has 0 aliphatic rings. The van der Waals surface area contributed by atoms with Crippen molar-refractivity contribution in [3.63, 3.8) is 0 Å². The van der Waals surface area contributed by atoms with Crippen molar-refractivity contribution in [1.82, 2.24) is 13.7 Å². The van der Waals surface area contributed by atoms with Gasteiger partial charge < -0.3 is 13.7 Å². The minimum Gasteiger partial charge on any atom is -0.316 e. The Morgan fingerprint density at radius 2 is 0.936 bits per heavy atom. The predicted molar refractivity (Wildman–Crippen MR) is 197 cm³/mol. The smallest absolute Gasteiger partial charge is 0.0628 e. The summed E-state index contributed by atoms with van der Waals surface area (Å²) >= 11 is 0. The third-order valence-corrected chi connectivity index (χ3v) is 9.65. The molecule has 0 atom stereocenters. The zero-order chi connectivity index (χ0) is 30.9. The molecule has 0 bridgehead atoms. The van der Waals surface area contributed by atoms with E-state index in [9.17, 15) is 0 Å². The molecule has 3 heterocycles. The molecular weight excluding hydrogens is 571 g/mol. The summed E-state index contributed by atoms with van der Waals surface area (Å²) in [6, 6.07) is 61.5. The third-order valence-electron chi connectivity index (χ3n) is 9.65. The Morgan fingerprint density at radius 1 is 0.340 bits per heavy atom. The molecule has 0 aliphatic carbocycles. The Hall–Kier alpha value is -6.32. The van der Waals surface area contributed by atoms with E-state index in [4.69, 9.17) is 0 Å². The van der Waals surface area contributed by atoms with E-state index in [0.29, 0.717) is 0 Å². The number of nitrogens with zero attached hydrogens (tertiary/aromatic N) is 3. The highest BCUT2D eigenvalue weighted by Crippen LogP contribution is 2.39. The van der Waals surface area contributed by atoms with Gasteiger partial charge in [-0.1, -0.05) is 103 Å². The number of benzene rings is 7. The number of rotatable bonds is 4. The molecule has 0 amide bonds. The van der Waals surface area contributed by atoms with E-state index < -0.39 is 0 Å². The van der Waals surface area contributed by atoms with Crippen LogP contribution in [0.5, 0.6) is 0 Å². The number of para-hydroxylation sites is 3. The Bertz CT molecular complexity index is 2780. The maximum absolute atomic E-state index is 2.43. The minimum absolute atomic E-state index is 1.14. The van der Waals surface area contributed by atoms with Crippen molar-refractivity contribution in [2.75, 3.05) is 0 Å². The van der Waals surface area contributed by atoms with Crippen LogP contribution in [0.15, 0.2) is 176 Å². The molecule has 0 N–H and O–H groups in total. The van der Waals surface area contributed by atoms with Gasteiger partial charge in [0, 0.05) is 50.2 Å². The number of hydrogen-bond donors (Lipinski definition) is 0. The Labute approximate surface area is 271 Å². The van der Waals surface area contributed by atoms with Crippen LogP contribution in [0.1, 0.15) is 0 Å². The first-order valence-corrected chi connectivity index (χ1v) is 16.1. The van der Waals surface area contributed by atoms with Gasteiger partial charge in [0.25, 0.3) is 0 Å². The van der Waals surface area contributed by atoms with E-state index in [1.165, 1.54) is 65.6 Å². The van der Waals surface area contributed by atoms with Crippen LogP contribution < -0.4 is 0 Å². The topological polar surface area (TPSA) is 14.8 Å². The maximum Gasteiger partial charge on any atom is 0.0628 e. The Morgan fingerprint density at radius 3 is 1.72 bits per heavy atom. The second kappa shape index (κ2) is 10.1. The van der Waals surface area contributed by atoms with Gasteiger partial charge in [-0.15, -0.1) is 0 Å². The van der Waals surface area contributed by atoms with Gasteiger partial charge in [0.1, 0.15) is 0 Å². The zero-order valence-corrected chi connectivity index (χ0v) is 25.6. The maximum atomic E-state index is 2.43. The molecule has 0 radical (unpaired) electrons. The van der Waals surface area contributed by atoms with Crippen LogP contribution in [0.4, 0.5) is 0 Å². The molecule has 3 nitrogen and oxygen atoms in total. The summed E-state index contributed by atoms with van der Waals surface area (Å²) in [5, 5.41) is 6.26.